The molecule has 1 atom stereocenters. The van der Waals surface area contributed by atoms with Crippen LogP contribution in [0.2, 0.25) is 5.02 Å². The Kier molecular flexibility index (Phi) is 5.18. The van der Waals surface area contributed by atoms with Crippen molar-refractivity contribution in [1.82, 2.24) is 0 Å². The molecular weight excluding hydrogens is 271 g/mol. The van der Waals surface area contributed by atoms with E-state index < -0.39 is 0 Å². The molecule has 0 aromatic heterocycles. The fraction of sp³-hybridized carbons (Fsp3) is 0.571. The second kappa shape index (κ2) is 6.03. The fourth-order valence-electron chi connectivity index (χ4n) is 1.76. The summed E-state index contributed by atoms with van der Waals surface area (Å²) in [4.78, 5) is 0. The molecule has 0 heterocycles. The molecule has 1 rings (SSSR count). The Bertz CT molecular complexity index is 411. The van der Waals surface area contributed by atoms with Gasteiger partial charge in [-0.15, -0.1) is 11.6 Å². The number of rotatable bonds is 4. The summed E-state index contributed by atoms with van der Waals surface area (Å²) in [6.45, 7) is 6.45. The minimum absolute atomic E-state index is 0.141. The van der Waals surface area contributed by atoms with Crippen LogP contribution in [0.25, 0.3) is 0 Å². The van der Waals surface area contributed by atoms with Crippen LogP contribution in [0.5, 0.6) is 11.5 Å². The number of hydrogen-bond donors (Lipinski definition) is 0. The van der Waals surface area contributed by atoms with Crippen LogP contribution < -0.4 is 9.47 Å². The molecule has 4 heteroatoms. The lowest BCUT2D eigenvalue weighted by Crippen LogP contribution is -2.09. The molecular formula is C14H20Cl2O2. The zero-order valence-corrected chi connectivity index (χ0v) is 13.0. The van der Waals surface area contributed by atoms with Gasteiger partial charge in [0.25, 0.3) is 0 Å². The van der Waals surface area contributed by atoms with E-state index in [4.69, 9.17) is 32.7 Å². The summed E-state index contributed by atoms with van der Waals surface area (Å²) in [5, 5.41) is 0.467. The van der Waals surface area contributed by atoms with Crippen molar-refractivity contribution in [3.05, 3.63) is 22.7 Å². The smallest absolute Gasteiger partial charge is 0.162 e. The lowest BCUT2D eigenvalue weighted by molar-refractivity contribution is 0.352. The topological polar surface area (TPSA) is 18.5 Å². The minimum atomic E-state index is -0.141. The van der Waals surface area contributed by atoms with E-state index in [1.807, 2.05) is 6.07 Å². The first-order valence-corrected chi connectivity index (χ1v) is 6.65. The van der Waals surface area contributed by atoms with E-state index in [-0.39, 0.29) is 10.8 Å². The average Bonchev–Trinajstić information content (AvgIpc) is 2.26. The summed E-state index contributed by atoms with van der Waals surface area (Å²) in [6, 6.07) is 3.60. The van der Waals surface area contributed by atoms with Crippen molar-refractivity contribution >= 4 is 23.2 Å². The largest absolute Gasteiger partial charge is 0.493 e. The molecule has 0 fully saturated rings. The third-order valence-electron chi connectivity index (χ3n) is 2.63. The first-order chi connectivity index (χ1) is 8.28. The summed E-state index contributed by atoms with van der Waals surface area (Å²) in [6.07, 6.45) is 0.837. The highest BCUT2D eigenvalue weighted by Crippen LogP contribution is 2.41. The Hall–Kier alpha value is -0.600. The molecule has 18 heavy (non-hydrogen) atoms. The molecule has 0 radical (unpaired) electrons. The van der Waals surface area contributed by atoms with E-state index in [1.54, 1.807) is 20.3 Å². The SMILES string of the molecule is COc1cc(Cl)c(C(Cl)CC(C)(C)C)cc1OC. The van der Waals surface area contributed by atoms with Crippen molar-refractivity contribution < 1.29 is 9.47 Å². The molecule has 0 N–H and O–H groups in total. The standard InChI is InChI=1S/C14H20Cl2O2/c1-14(2,3)8-11(16)9-6-12(17-4)13(18-5)7-10(9)15/h6-7,11H,8H2,1-5H3. The second-order valence-corrected chi connectivity index (χ2v) is 6.40. The third kappa shape index (κ3) is 3.96. The number of methoxy groups -OCH3 is 2. The van der Waals surface area contributed by atoms with Crippen LogP contribution in [0.3, 0.4) is 0 Å². The molecule has 0 aliphatic carbocycles. The van der Waals surface area contributed by atoms with E-state index in [2.05, 4.69) is 20.8 Å². The van der Waals surface area contributed by atoms with E-state index in [9.17, 15) is 0 Å². The number of alkyl halides is 1. The highest BCUT2D eigenvalue weighted by Gasteiger charge is 2.22. The Morgan fingerprint density at radius 2 is 1.61 bits per heavy atom. The van der Waals surface area contributed by atoms with Crippen LogP contribution >= 0.6 is 23.2 Å². The van der Waals surface area contributed by atoms with Gasteiger partial charge in [0, 0.05) is 11.1 Å². The number of benzene rings is 1. The summed E-state index contributed by atoms with van der Waals surface area (Å²) in [5.41, 5.74) is 1.02. The van der Waals surface area contributed by atoms with Gasteiger partial charge in [-0.1, -0.05) is 32.4 Å². The molecule has 1 aromatic rings. The van der Waals surface area contributed by atoms with Crippen LogP contribution in [0.1, 0.15) is 38.1 Å². The van der Waals surface area contributed by atoms with Gasteiger partial charge in [-0.2, -0.15) is 0 Å². The molecule has 0 aliphatic rings. The second-order valence-electron chi connectivity index (χ2n) is 5.46. The normalized spacial score (nSPS) is 13.3. The third-order valence-corrected chi connectivity index (χ3v) is 3.35. The molecule has 1 aromatic carbocycles. The van der Waals surface area contributed by atoms with Crippen LogP contribution in [0.15, 0.2) is 12.1 Å². The van der Waals surface area contributed by atoms with Gasteiger partial charge in [0.1, 0.15) is 0 Å². The summed E-state index contributed by atoms with van der Waals surface area (Å²) in [5.74, 6) is 1.27. The maximum Gasteiger partial charge on any atom is 0.162 e. The van der Waals surface area contributed by atoms with Gasteiger partial charge in [0.15, 0.2) is 11.5 Å². The zero-order chi connectivity index (χ0) is 13.9. The van der Waals surface area contributed by atoms with Crippen LogP contribution in [-0.2, 0) is 0 Å². The van der Waals surface area contributed by atoms with Crippen molar-refractivity contribution in [1.29, 1.82) is 0 Å². The quantitative estimate of drug-likeness (QED) is 0.721. The summed E-state index contributed by atoms with van der Waals surface area (Å²) in [7, 11) is 3.18. The summed E-state index contributed by atoms with van der Waals surface area (Å²) >= 11 is 12.7. The van der Waals surface area contributed by atoms with Crippen molar-refractivity contribution in [3.8, 4) is 11.5 Å². The van der Waals surface area contributed by atoms with Gasteiger partial charge in [0.2, 0.25) is 0 Å². The maximum absolute atomic E-state index is 6.44. The molecule has 0 bridgehead atoms. The van der Waals surface area contributed by atoms with Crippen molar-refractivity contribution in [3.63, 3.8) is 0 Å². The number of ether oxygens (including phenoxy) is 2. The highest BCUT2D eigenvalue weighted by atomic mass is 35.5. The molecule has 0 saturated carbocycles. The van der Waals surface area contributed by atoms with Crippen molar-refractivity contribution in [2.24, 2.45) is 5.41 Å². The molecule has 0 spiro atoms. The van der Waals surface area contributed by atoms with E-state index in [0.29, 0.717) is 16.5 Å². The lowest BCUT2D eigenvalue weighted by atomic mass is 9.88. The molecule has 0 amide bonds. The van der Waals surface area contributed by atoms with E-state index in [0.717, 1.165) is 12.0 Å². The van der Waals surface area contributed by atoms with Gasteiger partial charge in [-0.05, 0) is 23.5 Å². The molecule has 0 saturated heterocycles. The van der Waals surface area contributed by atoms with Crippen LogP contribution in [0.4, 0.5) is 0 Å². The molecule has 2 nitrogen and oxygen atoms in total. The van der Waals surface area contributed by atoms with Gasteiger partial charge in [-0.25, -0.2) is 0 Å². The molecule has 1 unspecified atom stereocenters. The molecule has 102 valence electrons. The van der Waals surface area contributed by atoms with Gasteiger partial charge < -0.3 is 9.47 Å². The first kappa shape index (κ1) is 15.5. The Balaban J connectivity index is 3.09. The van der Waals surface area contributed by atoms with Crippen molar-refractivity contribution in [2.45, 2.75) is 32.6 Å². The van der Waals surface area contributed by atoms with E-state index >= 15 is 0 Å². The van der Waals surface area contributed by atoms with Crippen LogP contribution in [0, 0.1) is 5.41 Å². The monoisotopic (exact) mass is 290 g/mol. The number of halogens is 2. The number of hydrogen-bond acceptors (Lipinski definition) is 2. The Labute approximate surface area is 119 Å². The maximum atomic E-state index is 6.44. The van der Waals surface area contributed by atoms with Crippen LogP contribution in [-0.4, -0.2) is 14.2 Å². The minimum Gasteiger partial charge on any atom is -0.493 e. The Morgan fingerprint density at radius 3 is 2.06 bits per heavy atom. The predicted molar refractivity (Wildman–Crippen MR) is 77.2 cm³/mol. The van der Waals surface area contributed by atoms with Gasteiger partial charge in [0.05, 0.1) is 19.6 Å². The van der Waals surface area contributed by atoms with Gasteiger partial charge >= 0.3 is 0 Å². The average molecular weight is 291 g/mol. The van der Waals surface area contributed by atoms with Crippen molar-refractivity contribution in [2.75, 3.05) is 14.2 Å². The Morgan fingerprint density at radius 1 is 1.11 bits per heavy atom. The zero-order valence-electron chi connectivity index (χ0n) is 11.5. The fourth-order valence-corrected chi connectivity index (χ4v) is 2.74. The van der Waals surface area contributed by atoms with E-state index in [1.165, 1.54) is 0 Å². The summed E-state index contributed by atoms with van der Waals surface area (Å²) < 4.78 is 10.5. The molecule has 0 aliphatic heterocycles. The lowest BCUT2D eigenvalue weighted by Gasteiger charge is -2.23. The first-order valence-electron chi connectivity index (χ1n) is 5.84. The predicted octanol–water partition coefficient (Wildman–Crippen LogP) is 5.07. The highest BCUT2D eigenvalue weighted by molar-refractivity contribution is 6.33. The van der Waals surface area contributed by atoms with Gasteiger partial charge in [-0.3, -0.25) is 0 Å².